The van der Waals surface area contributed by atoms with E-state index in [2.05, 4.69) is 20.7 Å². The van der Waals surface area contributed by atoms with Crippen LogP contribution in [0.3, 0.4) is 0 Å². The number of amides is 4. The Balaban J connectivity index is 2.27. The highest BCUT2D eigenvalue weighted by Crippen LogP contribution is 2.22. The second-order valence-corrected chi connectivity index (χ2v) is 8.85. The van der Waals surface area contributed by atoms with Gasteiger partial charge in [0.2, 0.25) is 11.8 Å². The molecule has 1 aromatic rings. The van der Waals surface area contributed by atoms with Gasteiger partial charge in [0.05, 0.1) is 32.7 Å². The number of nitrogens with zero attached hydrogens (tertiary/aromatic N) is 1. The number of carboxylic acid groups (broad SMARTS) is 1. The summed E-state index contributed by atoms with van der Waals surface area (Å²) in [4.78, 5) is 74.7. The molecule has 0 saturated carbocycles. The van der Waals surface area contributed by atoms with Crippen molar-refractivity contribution >= 4 is 36.1 Å². The first-order chi connectivity index (χ1) is 17.5. The summed E-state index contributed by atoms with van der Waals surface area (Å²) in [6.45, 7) is 3.38. The van der Waals surface area contributed by atoms with Crippen molar-refractivity contribution in [3.63, 3.8) is 0 Å². The molecule has 1 aliphatic rings. The summed E-state index contributed by atoms with van der Waals surface area (Å²) in [7, 11) is 2.66. The highest BCUT2D eigenvalue weighted by Gasteiger charge is 2.43. The maximum Gasteiger partial charge on any atom is 0.407 e. The molecule has 4 atom stereocenters. The highest BCUT2D eigenvalue weighted by atomic mass is 16.5. The van der Waals surface area contributed by atoms with Gasteiger partial charge in [-0.2, -0.15) is 0 Å². The Morgan fingerprint density at radius 1 is 1.11 bits per heavy atom. The SMILES string of the molecule is COC(=O)N[C@@H]1C[C@@H](C(=O)N[C@H](C=O)CC(=O)O)N(C(=O)[C@@H](NC(=O)c2ccc(OC)cc2)C(C)C)C1. The third kappa shape index (κ3) is 7.92. The number of rotatable bonds is 11. The number of carbonyl (C=O) groups excluding carboxylic acids is 5. The molecule has 0 radical (unpaired) electrons. The first-order valence-corrected chi connectivity index (χ1v) is 11.6. The zero-order valence-corrected chi connectivity index (χ0v) is 21.1. The van der Waals surface area contributed by atoms with E-state index in [0.717, 1.165) is 0 Å². The van der Waals surface area contributed by atoms with Gasteiger partial charge in [0.25, 0.3) is 5.91 Å². The van der Waals surface area contributed by atoms with Crippen molar-refractivity contribution in [1.29, 1.82) is 0 Å². The molecule has 13 heteroatoms. The second-order valence-electron chi connectivity index (χ2n) is 8.85. The van der Waals surface area contributed by atoms with Crippen molar-refractivity contribution in [3.05, 3.63) is 29.8 Å². The minimum absolute atomic E-state index is 0.0113. The lowest BCUT2D eigenvalue weighted by Crippen LogP contribution is -2.56. The first kappa shape index (κ1) is 29.1. The molecule has 4 amide bonds. The lowest BCUT2D eigenvalue weighted by molar-refractivity contribution is -0.142. The molecule has 1 aliphatic heterocycles. The Kier molecular flexibility index (Phi) is 10.4. The summed E-state index contributed by atoms with van der Waals surface area (Å²) in [5.41, 5.74) is 0.294. The molecule has 1 aromatic carbocycles. The van der Waals surface area contributed by atoms with Crippen molar-refractivity contribution in [2.24, 2.45) is 5.92 Å². The van der Waals surface area contributed by atoms with Gasteiger partial charge in [0, 0.05) is 12.1 Å². The van der Waals surface area contributed by atoms with E-state index in [-0.39, 0.29) is 18.9 Å². The van der Waals surface area contributed by atoms with Crippen LogP contribution in [0.1, 0.15) is 37.0 Å². The average molecular weight is 521 g/mol. The van der Waals surface area contributed by atoms with E-state index < -0.39 is 60.4 Å². The van der Waals surface area contributed by atoms with Crippen LogP contribution in [0, 0.1) is 5.92 Å². The number of benzene rings is 1. The van der Waals surface area contributed by atoms with Crippen LogP contribution in [0.2, 0.25) is 0 Å². The fourth-order valence-corrected chi connectivity index (χ4v) is 3.92. The molecule has 4 N–H and O–H groups in total. The Morgan fingerprint density at radius 3 is 2.27 bits per heavy atom. The van der Waals surface area contributed by atoms with E-state index in [9.17, 15) is 28.8 Å². The summed E-state index contributed by atoms with van der Waals surface area (Å²) >= 11 is 0. The van der Waals surface area contributed by atoms with Crippen LogP contribution in [-0.2, 0) is 23.9 Å². The first-order valence-electron chi connectivity index (χ1n) is 11.6. The molecule has 0 aromatic heterocycles. The van der Waals surface area contributed by atoms with Crippen LogP contribution in [0.25, 0.3) is 0 Å². The Labute approximate surface area is 213 Å². The predicted octanol–water partition coefficient (Wildman–Crippen LogP) is -0.0665. The molecular weight excluding hydrogens is 488 g/mol. The van der Waals surface area contributed by atoms with Gasteiger partial charge in [-0.05, 0) is 36.6 Å². The van der Waals surface area contributed by atoms with Gasteiger partial charge in [-0.3, -0.25) is 19.2 Å². The minimum Gasteiger partial charge on any atom is -0.497 e. The van der Waals surface area contributed by atoms with E-state index in [0.29, 0.717) is 17.6 Å². The van der Waals surface area contributed by atoms with Crippen molar-refractivity contribution < 1.29 is 43.3 Å². The Bertz CT molecular complexity index is 1010. The normalized spacial score (nSPS) is 18.4. The van der Waals surface area contributed by atoms with Crippen LogP contribution in [0.15, 0.2) is 24.3 Å². The molecule has 2 rings (SSSR count). The number of aliphatic carboxylic acids is 1. The molecule has 1 heterocycles. The zero-order chi connectivity index (χ0) is 27.7. The van der Waals surface area contributed by atoms with Crippen LogP contribution in [0.5, 0.6) is 5.75 Å². The van der Waals surface area contributed by atoms with Crippen LogP contribution < -0.4 is 20.7 Å². The molecule has 0 spiro atoms. The molecule has 37 heavy (non-hydrogen) atoms. The Morgan fingerprint density at radius 2 is 1.76 bits per heavy atom. The van der Waals surface area contributed by atoms with Gasteiger partial charge < -0.3 is 40.2 Å². The van der Waals surface area contributed by atoms with E-state index >= 15 is 0 Å². The molecule has 0 unspecified atom stereocenters. The third-order valence-electron chi connectivity index (χ3n) is 5.85. The number of hydrogen-bond donors (Lipinski definition) is 4. The molecule has 0 aliphatic carbocycles. The van der Waals surface area contributed by atoms with Gasteiger partial charge in [-0.25, -0.2) is 4.79 Å². The third-order valence-corrected chi connectivity index (χ3v) is 5.85. The number of alkyl carbamates (subject to hydrolysis) is 1. The topological polar surface area (TPSA) is 180 Å². The molecule has 1 fully saturated rings. The number of aldehydes is 1. The fraction of sp³-hybridized carbons (Fsp3) is 0.500. The molecule has 202 valence electrons. The molecule has 1 saturated heterocycles. The maximum absolute atomic E-state index is 13.6. The number of methoxy groups -OCH3 is 2. The van der Waals surface area contributed by atoms with Gasteiger partial charge in [0.15, 0.2) is 0 Å². The molecule has 13 nitrogen and oxygen atoms in total. The summed E-state index contributed by atoms with van der Waals surface area (Å²) < 4.78 is 9.69. The highest BCUT2D eigenvalue weighted by molar-refractivity contribution is 5.99. The molecule has 0 bridgehead atoms. The monoisotopic (exact) mass is 520 g/mol. The van der Waals surface area contributed by atoms with E-state index in [1.165, 1.54) is 19.1 Å². The van der Waals surface area contributed by atoms with Crippen LogP contribution in [-0.4, -0.2) is 91.0 Å². The average Bonchev–Trinajstić information content (AvgIpc) is 3.29. The van der Waals surface area contributed by atoms with Gasteiger partial charge in [0.1, 0.15) is 24.1 Å². The fourth-order valence-electron chi connectivity index (χ4n) is 3.92. The van der Waals surface area contributed by atoms with Crippen molar-refractivity contribution in [2.45, 2.75) is 50.9 Å². The smallest absolute Gasteiger partial charge is 0.407 e. The summed E-state index contributed by atoms with van der Waals surface area (Å²) in [5, 5.41) is 16.5. The lowest BCUT2D eigenvalue weighted by Gasteiger charge is -2.30. The van der Waals surface area contributed by atoms with Crippen LogP contribution in [0.4, 0.5) is 4.79 Å². The van der Waals surface area contributed by atoms with Crippen molar-refractivity contribution in [3.8, 4) is 5.75 Å². The van der Waals surface area contributed by atoms with Crippen LogP contribution >= 0.6 is 0 Å². The maximum atomic E-state index is 13.6. The summed E-state index contributed by atoms with van der Waals surface area (Å²) in [6, 6.07) is 2.17. The van der Waals surface area contributed by atoms with Crippen molar-refractivity contribution in [1.82, 2.24) is 20.9 Å². The lowest BCUT2D eigenvalue weighted by atomic mass is 10.0. The predicted molar refractivity (Wildman–Crippen MR) is 129 cm³/mol. The van der Waals surface area contributed by atoms with E-state index in [1.807, 2.05) is 0 Å². The standard InChI is InChI=1S/C24H32N4O9/c1-13(2)20(27-21(32)14-5-7-17(36-3)8-6-14)23(34)28-11-15(26-24(35)37-4)9-18(28)22(33)25-16(12-29)10-19(30)31/h5-8,12-13,15-16,18,20H,9-11H2,1-4H3,(H,25,33)(H,26,35)(H,27,32)(H,30,31)/t15-,16+,18+,20+/m1/s1. The number of hydrogen-bond acceptors (Lipinski definition) is 8. The number of carboxylic acids is 1. The van der Waals surface area contributed by atoms with Crippen molar-refractivity contribution in [2.75, 3.05) is 20.8 Å². The number of likely N-dealkylation sites (tertiary alicyclic amines) is 1. The summed E-state index contributed by atoms with van der Waals surface area (Å²) in [6.07, 6.45) is -1.11. The number of nitrogens with one attached hydrogen (secondary N) is 3. The second kappa shape index (κ2) is 13.2. The quantitative estimate of drug-likeness (QED) is 0.291. The largest absolute Gasteiger partial charge is 0.497 e. The Hall–Kier alpha value is -4.16. The van der Waals surface area contributed by atoms with Gasteiger partial charge >= 0.3 is 12.1 Å². The van der Waals surface area contributed by atoms with Gasteiger partial charge in [-0.1, -0.05) is 13.8 Å². The number of carbonyl (C=O) groups is 6. The molecular formula is C24H32N4O9. The van der Waals surface area contributed by atoms with E-state index in [4.69, 9.17) is 9.84 Å². The zero-order valence-electron chi connectivity index (χ0n) is 21.1. The van der Waals surface area contributed by atoms with Gasteiger partial charge in [-0.15, -0.1) is 0 Å². The van der Waals surface area contributed by atoms with E-state index in [1.54, 1.807) is 38.1 Å². The minimum atomic E-state index is -1.30. The summed E-state index contributed by atoms with van der Waals surface area (Å²) in [5.74, 6) is -2.96. The number of ether oxygens (including phenoxy) is 2.